The standard InChI is InChI=1S/C43H65O13P/c1-3-5-7-9-11-13-15-17-18-20-22-24-26-28-30-32-37(45)55-35(34-54-57(51,52)56-43-41(49)39(47)38(46)40(48)42(43)50)33-53-36(44)31-29-27-25-23-21-19-16-14-12-10-8-6-4-2/h5-8,11-14,17-19,21-22,24-25,27-28,30,35,38-43,46-50H,3-4,9-10,15-16,20,23,26,29,31-34H2,1-2H3,(H,51,52)/b7-5-,8-6-,13-11-,14-12-,18-17-,21-19-,24-22-,27-25-,30-28-. The molecule has 0 aromatic carbocycles. The molecule has 0 spiro atoms. The third-order valence-corrected chi connectivity index (χ3v) is 9.14. The molecule has 14 heteroatoms. The average molecular weight is 821 g/mol. The Bertz CT molecular complexity index is 1410. The first-order chi connectivity index (χ1) is 27.4. The van der Waals surface area contributed by atoms with Crippen LogP contribution in [0, 0.1) is 0 Å². The normalized spacial score (nSPS) is 23.9. The fourth-order valence-electron chi connectivity index (χ4n) is 5.02. The number of phosphoric ester groups is 1. The summed E-state index contributed by atoms with van der Waals surface area (Å²) in [5.41, 5.74) is 0. The molecule has 6 unspecified atom stereocenters. The van der Waals surface area contributed by atoms with Crippen LogP contribution < -0.4 is 0 Å². The van der Waals surface area contributed by atoms with Crippen molar-refractivity contribution in [3.05, 3.63) is 109 Å². The molecule has 0 radical (unpaired) electrons. The van der Waals surface area contributed by atoms with Crippen LogP contribution >= 0.6 is 7.82 Å². The van der Waals surface area contributed by atoms with Crippen molar-refractivity contribution in [2.45, 2.75) is 134 Å². The lowest BCUT2D eigenvalue weighted by molar-refractivity contribution is -0.220. The largest absolute Gasteiger partial charge is 0.472 e. The molecule has 1 fully saturated rings. The molecule has 6 N–H and O–H groups in total. The van der Waals surface area contributed by atoms with Gasteiger partial charge in [-0.05, 0) is 64.2 Å². The van der Waals surface area contributed by atoms with Gasteiger partial charge in [0.15, 0.2) is 6.10 Å². The number of carbonyl (C=O) groups excluding carboxylic acids is 2. The number of rotatable bonds is 29. The minimum Gasteiger partial charge on any atom is -0.462 e. The summed E-state index contributed by atoms with van der Waals surface area (Å²) in [7, 11) is -5.16. The van der Waals surface area contributed by atoms with Crippen LogP contribution in [0.3, 0.4) is 0 Å². The number of esters is 2. The fraction of sp³-hybridized carbons (Fsp3) is 0.535. The van der Waals surface area contributed by atoms with Gasteiger partial charge >= 0.3 is 19.8 Å². The minimum atomic E-state index is -5.16. The Morgan fingerprint density at radius 3 is 1.37 bits per heavy atom. The Balaban J connectivity index is 2.66. The summed E-state index contributed by atoms with van der Waals surface area (Å²) in [4.78, 5) is 35.4. The first-order valence-electron chi connectivity index (χ1n) is 19.7. The van der Waals surface area contributed by atoms with Gasteiger partial charge in [-0.1, -0.05) is 123 Å². The van der Waals surface area contributed by atoms with Gasteiger partial charge in [0.05, 0.1) is 13.0 Å². The number of carbonyl (C=O) groups is 2. The van der Waals surface area contributed by atoms with Gasteiger partial charge in [-0.25, -0.2) is 4.57 Å². The summed E-state index contributed by atoms with van der Waals surface area (Å²) in [5, 5.41) is 49.9. The Morgan fingerprint density at radius 2 is 0.930 bits per heavy atom. The van der Waals surface area contributed by atoms with E-state index in [2.05, 4.69) is 80.7 Å². The highest BCUT2D eigenvalue weighted by Gasteiger charge is 2.51. The van der Waals surface area contributed by atoms with Crippen LogP contribution in [0.4, 0.5) is 0 Å². The summed E-state index contributed by atoms with van der Waals surface area (Å²) < 4.78 is 33.1. The van der Waals surface area contributed by atoms with Crippen molar-refractivity contribution in [1.82, 2.24) is 0 Å². The molecule has 1 aliphatic carbocycles. The highest BCUT2D eigenvalue weighted by Crippen LogP contribution is 2.47. The molecule has 13 nitrogen and oxygen atoms in total. The van der Waals surface area contributed by atoms with Crippen LogP contribution in [-0.2, 0) is 32.7 Å². The maximum absolute atomic E-state index is 12.7. The minimum absolute atomic E-state index is 0.0192. The molecule has 57 heavy (non-hydrogen) atoms. The zero-order valence-corrected chi connectivity index (χ0v) is 34.2. The first-order valence-corrected chi connectivity index (χ1v) is 21.2. The van der Waals surface area contributed by atoms with E-state index in [1.54, 1.807) is 12.2 Å². The second-order valence-electron chi connectivity index (χ2n) is 13.0. The van der Waals surface area contributed by atoms with E-state index in [0.717, 1.165) is 44.9 Å². The quantitative estimate of drug-likeness (QED) is 0.0271. The monoisotopic (exact) mass is 820 g/mol. The lowest BCUT2D eigenvalue weighted by atomic mass is 9.85. The molecule has 1 saturated carbocycles. The Hall–Kier alpha value is -3.49. The number of phosphoric acid groups is 1. The zero-order chi connectivity index (χ0) is 42.2. The molecule has 0 aliphatic heterocycles. The molecular weight excluding hydrogens is 755 g/mol. The molecule has 0 saturated heterocycles. The second kappa shape index (κ2) is 32.5. The lowest BCUT2D eigenvalue weighted by Gasteiger charge is -2.41. The van der Waals surface area contributed by atoms with Crippen molar-refractivity contribution in [2.24, 2.45) is 0 Å². The van der Waals surface area contributed by atoms with Crippen LogP contribution in [-0.4, -0.2) is 98.3 Å². The predicted octanol–water partition coefficient (Wildman–Crippen LogP) is 6.49. The second-order valence-corrected chi connectivity index (χ2v) is 14.4. The van der Waals surface area contributed by atoms with Crippen molar-refractivity contribution in [3.8, 4) is 0 Å². The summed E-state index contributed by atoms with van der Waals surface area (Å²) in [6.45, 7) is 2.87. The van der Waals surface area contributed by atoms with E-state index in [-0.39, 0.29) is 12.8 Å². The molecule has 0 bridgehead atoms. The maximum atomic E-state index is 12.7. The van der Waals surface area contributed by atoms with Gasteiger partial charge in [-0.15, -0.1) is 0 Å². The molecular formula is C43H65O13P. The number of hydrogen-bond acceptors (Lipinski definition) is 12. The number of hydrogen-bond donors (Lipinski definition) is 6. The van der Waals surface area contributed by atoms with Crippen LogP contribution in [0.1, 0.15) is 90.9 Å². The molecule has 320 valence electrons. The topological polar surface area (TPSA) is 210 Å². The molecule has 0 aromatic heterocycles. The highest BCUT2D eigenvalue weighted by atomic mass is 31.2. The van der Waals surface area contributed by atoms with Crippen LogP contribution in [0.2, 0.25) is 0 Å². The summed E-state index contributed by atoms with van der Waals surface area (Å²) in [6, 6.07) is 0. The van der Waals surface area contributed by atoms with Gasteiger partial charge in [-0.3, -0.25) is 18.6 Å². The average Bonchev–Trinajstić information content (AvgIpc) is 3.19. The van der Waals surface area contributed by atoms with Gasteiger partial charge in [0.25, 0.3) is 0 Å². The van der Waals surface area contributed by atoms with Crippen molar-refractivity contribution >= 4 is 19.8 Å². The van der Waals surface area contributed by atoms with Gasteiger partial charge in [0.2, 0.25) is 0 Å². The smallest absolute Gasteiger partial charge is 0.462 e. The van der Waals surface area contributed by atoms with E-state index in [0.29, 0.717) is 19.3 Å². The van der Waals surface area contributed by atoms with Crippen LogP contribution in [0.25, 0.3) is 0 Å². The SMILES string of the molecule is CC/C=C\C/C=C\C/C=C\C/C=C\C/C=C\CC(=O)OC(COC(=O)CC/C=C\C/C=C\C/C=C\C/C=C\CC)COP(=O)(O)OC1C(O)C(O)C(O)C(O)C1O. The van der Waals surface area contributed by atoms with Crippen molar-refractivity contribution < 1.29 is 63.1 Å². The summed E-state index contributed by atoms with van der Waals surface area (Å²) >= 11 is 0. The van der Waals surface area contributed by atoms with E-state index < -0.39 is 75.7 Å². The van der Waals surface area contributed by atoms with Crippen molar-refractivity contribution in [2.75, 3.05) is 13.2 Å². The molecule has 1 rings (SSSR count). The maximum Gasteiger partial charge on any atom is 0.472 e. The Labute approximate surface area is 338 Å². The third kappa shape index (κ3) is 25.5. The first kappa shape index (κ1) is 51.5. The fourth-order valence-corrected chi connectivity index (χ4v) is 5.99. The molecule has 1 aliphatic rings. The van der Waals surface area contributed by atoms with Gasteiger partial charge in [0, 0.05) is 6.42 Å². The van der Waals surface area contributed by atoms with Gasteiger partial charge < -0.3 is 39.9 Å². The van der Waals surface area contributed by atoms with E-state index >= 15 is 0 Å². The van der Waals surface area contributed by atoms with Crippen molar-refractivity contribution in [1.29, 1.82) is 0 Å². The molecule has 0 amide bonds. The number of aliphatic hydroxyl groups excluding tert-OH is 5. The van der Waals surface area contributed by atoms with E-state index in [4.69, 9.17) is 18.5 Å². The number of aliphatic hydroxyl groups is 5. The van der Waals surface area contributed by atoms with Gasteiger partial charge in [-0.2, -0.15) is 0 Å². The van der Waals surface area contributed by atoms with Crippen LogP contribution in [0.5, 0.6) is 0 Å². The Kier molecular flexibility index (Phi) is 29.3. The van der Waals surface area contributed by atoms with Crippen LogP contribution in [0.15, 0.2) is 109 Å². The molecule has 0 aromatic rings. The zero-order valence-electron chi connectivity index (χ0n) is 33.3. The lowest BCUT2D eigenvalue weighted by Crippen LogP contribution is -2.64. The predicted molar refractivity (Wildman–Crippen MR) is 221 cm³/mol. The highest BCUT2D eigenvalue weighted by molar-refractivity contribution is 7.47. The third-order valence-electron chi connectivity index (χ3n) is 8.16. The summed E-state index contributed by atoms with van der Waals surface area (Å²) in [5.74, 6) is -1.36. The van der Waals surface area contributed by atoms with Gasteiger partial charge in [0.1, 0.15) is 43.2 Å². The Morgan fingerprint density at radius 1 is 0.544 bits per heavy atom. The summed E-state index contributed by atoms with van der Waals surface area (Å²) in [6.07, 6.45) is 30.7. The number of allylic oxidation sites excluding steroid dienone is 17. The molecule has 6 atom stereocenters. The number of ether oxygens (including phenoxy) is 2. The van der Waals surface area contributed by atoms with E-state index in [1.807, 2.05) is 30.4 Å². The van der Waals surface area contributed by atoms with Crippen molar-refractivity contribution in [3.63, 3.8) is 0 Å². The van der Waals surface area contributed by atoms with E-state index in [1.165, 1.54) is 0 Å². The van der Waals surface area contributed by atoms with E-state index in [9.17, 15) is 44.6 Å². The molecule has 0 heterocycles.